The van der Waals surface area contributed by atoms with E-state index in [9.17, 15) is 0 Å². The van der Waals surface area contributed by atoms with E-state index in [1.165, 1.54) is 11.5 Å². The Hall–Kier alpha value is -1.06. The monoisotopic (exact) mass is 405 g/mol. The van der Waals surface area contributed by atoms with Crippen molar-refractivity contribution >= 4 is 17.5 Å². The number of carboxylic acids is 1. The Labute approximate surface area is 112 Å². The average Bonchev–Trinajstić information content (AvgIpc) is 2.71. The maximum absolute atomic E-state index is 9.00. The van der Waals surface area contributed by atoms with E-state index in [1.807, 2.05) is 30.3 Å². The van der Waals surface area contributed by atoms with Crippen LogP contribution in [0.3, 0.4) is 0 Å². The van der Waals surface area contributed by atoms with E-state index in [1.54, 1.807) is 0 Å². The van der Waals surface area contributed by atoms with Gasteiger partial charge in [-0.3, -0.25) is 4.79 Å². The Morgan fingerprint density at radius 3 is 2.38 bits per heavy atom. The van der Waals surface area contributed by atoms with Gasteiger partial charge in [0.25, 0.3) is 5.97 Å². The van der Waals surface area contributed by atoms with Gasteiger partial charge in [0.05, 0.1) is 0 Å². The zero-order valence-electron chi connectivity index (χ0n) is 8.45. The van der Waals surface area contributed by atoms with E-state index in [4.69, 9.17) is 9.90 Å². The normalized spacial score (nSPS) is 8.31. The Bertz CT molecular complexity index is 402. The number of carbonyl (C=O) groups is 1. The second-order valence-corrected chi connectivity index (χ2v) is 3.34. The van der Waals surface area contributed by atoms with E-state index in [-0.39, 0.29) is 21.1 Å². The zero-order chi connectivity index (χ0) is 11.1. The fourth-order valence-corrected chi connectivity index (χ4v) is 1.34. The minimum Gasteiger partial charge on any atom is -0.481 e. The average molecular weight is 405 g/mol. The predicted molar refractivity (Wildman–Crippen MR) is 57.5 cm³/mol. The van der Waals surface area contributed by atoms with Crippen molar-refractivity contribution < 1.29 is 31.0 Å². The molecule has 6 heteroatoms. The second-order valence-electron chi connectivity index (χ2n) is 2.58. The largest absolute Gasteiger partial charge is 0.481 e. The van der Waals surface area contributed by atoms with E-state index < -0.39 is 5.97 Å². The van der Waals surface area contributed by atoms with Gasteiger partial charge in [0.1, 0.15) is 0 Å². The first kappa shape index (κ1) is 14.9. The molecule has 16 heavy (non-hydrogen) atoms. The van der Waals surface area contributed by atoms with Crippen LogP contribution in [-0.2, 0) is 25.9 Å². The first-order chi connectivity index (χ1) is 7.20. The second kappa shape index (κ2) is 8.13. The molecule has 0 aliphatic rings. The topological polar surface area (TPSA) is 63.1 Å². The van der Waals surface area contributed by atoms with Crippen molar-refractivity contribution in [1.82, 2.24) is 9.36 Å². The van der Waals surface area contributed by atoms with Crippen molar-refractivity contribution in [1.29, 1.82) is 0 Å². The molecule has 2 rings (SSSR count). The number of nitrogens with zero attached hydrogens (tertiary/aromatic N) is 2. The van der Waals surface area contributed by atoms with Crippen LogP contribution in [0, 0.1) is 6.33 Å². The molecule has 1 heterocycles. The summed E-state index contributed by atoms with van der Waals surface area (Å²) in [5.41, 5.74) is 1.10. The van der Waals surface area contributed by atoms with E-state index in [0.717, 1.165) is 17.5 Å². The first-order valence-electron chi connectivity index (χ1n) is 4.15. The standard InChI is InChI=1S/C8H5N2S.C2H4O2.W/c1-2-4-7(5-3-1)8-9-6-10-11-8;1-2(3)4;/h1-5H;1H3,(H,3,4);/q-1;;. The minimum absolute atomic E-state index is 0. The van der Waals surface area contributed by atoms with Crippen molar-refractivity contribution in [2.75, 3.05) is 0 Å². The van der Waals surface area contributed by atoms with Gasteiger partial charge in [0.2, 0.25) is 0 Å². The van der Waals surface area contributed by atoms with Gasteiger partial charge < -0.3 is 14.5 Å². The molecule has 1 aromatic heterocycles. The van der Waals surface area contributed by atoms with E-state index in [2.05, 4.69) is 15.7 Å². The van der Waals surface area contributed by atoms with Gasteiger partial charge in [0, 0.05) is 28.0 Å². The zero-order valence-corrected chi connectivity index (χ0v) is 12.2. The molecule has 0 fully saturated rings. The molecule has 0 unspecified atom stereocenters. The summed E-state index contributed by atoms with van der Waals surface area (Å²) in [6.45, 7) is 1.08. The molecule has 1 N–H and O–H groups in total. The molecule has 0 spiro atoms. The summed E-state index contributed by atoms with van der Waals surface area (Å²) in [6, 6.07) is 9.96. The maximum atomic E-state index is 9.00. The van der Waals surface area contributed by atoms with E-state index in [0.29, 0.717) is 0 Å². The van der Waals surface area contributed by atoms with Crippen molar-refractivity contribution in [3.05, 3.63) is 36.7 Å². The molecule has 2 aromatic rings. The molecule has 0 bridgehead atoms. The summed E-state index contributed by atoms with van der Waals surface area (Å²) >= 11 is 1.36. The van der Waals surface area contributed by atoms with Gasteiger partial charge in [-0.25, -0.2) is 0 Å². The molecule has 0 saturated heterocycles. The molecule has 0 saturated carbocycles. The fraction of sp³-hybridized carbons (Fsp3) is 0.100. The molecule has 84 valence electrons. The third-order valence-electron chi connectivity index (χ3n) is 1.35. The number of aromatic nitrogens is 2. The van der Waals surface area contributed by atoms with Crippen LogP contribution in [0.4, 0.5) is 0 Å². The maximum Gasteiger partial charge on any atom is 0.300 e. The van der Waals surface area contributed by atoms with Crippen LogP contribution >= 0.6 is 11.5 Å². The van der Waals surface area contributed by atoms with Crippen LogP contribution < -0.4 is 0 Å². The van der Waals surface area contributed by atoms with Crippen molar-refractivity contribution in [2.45, 2.75) is 6.92 Å². The fourth-order valence-electron chi connectivity index (χ4n) is 0.848. The summed E-state index contributed by atoms with van der Waals surface area (Å²) < 4.78 is 3.80. The number of hydrogen-bond acceptors (Lipinski definition) is 4. The Morgan fingerprint density at radius 1 is 1.38 bits per heavy atom. The minimum atomic E-state index is -0.833. The number of rotatable bonds is 1. The summed E-state index contributed by atoms with van der Waals surface area (Å²) in [7, 11) is 0. The molecule has 1 aromatic carbocycles. The van der Waals surface area contributed by atoms with Crippen molar-refractivity contribution in [3.8, 4) is 10.6 Å². The molecule has 0 atom stereocenters. The third kappa shape index (κ3) is 5.73. The summed E-state index contributed by atoms with van der Waals surface area (Å²) in [5, 5.41) is 8.34. The molecule has 4 nitrogen and oxygen atoms in total. The molecular formula is C10H9N2O2SW-. The van der Waals surface area contributed by atoms with Crippen molar-refractivity contribution in [2.24, 2.45) is 0 Å². The quantitative estimate of drug-likeness (QED) is 0.739. The smallest absolute Gasteiger partial charge is 0.300 e. The predicted octanol–water partition coefficient (Wildman–Crippen LogP) is 2.09. The molecule has 0 aliphatic carbocycles. The Balaban J connectivity index is 0.000000397. The third-order valence-corrected chi connectivity index (χ3v) is 2.02. The Morgan fingerprint density at radius 2 is 1.94 bits per heavy atom. The van der Waals surface area contributed by atoms with E-state index >= 15 is 0 Å². The molecular weight excluding hydrogens is 396 g/mol. The van der Waals surface area contributed by atoms with Gasteiger partial charge in [0.15, 0.2) is 0 Å². The number of aliphatic carboxylic acids is 1. The van der Waals surface area contributed by atoms with Gasteiger partial charge in [-0.2, -0.15) is 0 Å². The van der Waals surface area contributed by atoms with Crippen LogP contribution in [0.1, 0.15) is 6.92 Å². The summed E-state index contributed by atoms with van der Waals surface area (Å²) in [5.74, 6) is -0.833. The molecule has 0 aliphatic heterocycles. The van der Waals surface area contributed by atoms with Gasteiger partial charge in [-0.05, 0) is 11.3 Å². The van der Waals surface area contributed by atoms with Gasteiger partial charge in [-0.1, -0.05) is 35.9 Å². The van der Waals surface area contributed by atoms with Crippen LogP contribution in [0.5, 0.6) is 0 Å². The number of carboxylic acid groups (broad SMARTS) is 1. The number of hydrogen-bond donors (Lipinski definition) is 1. The van der Waals surface area contributed by atoms with Crippen LogP contribution in [0.2, 0.25) is 0 Å². The molecule has 0 radical (unpaired) electrons. The summed E-state index contributed by atoms with van der Waals surface area (Å²) in [6.07, 6.45) is 2.55. The number of benzene rings is 1. The van der Waals surface area contributed by atoms with Crippen LogP contribution in [0.15, 0.2) is 30.3 Å². The molecule has 0 amide bonds. The van der Waals surface area contributed by atoms with Gasteiger partial charge in [-0.15, -0.1) is 11.5 Å². The SMILES string of the molecule is CC(=O)O.[W].[c-]1nsc(-c2ccccc2)n1. The van der Waals surface area contributed by atoms with Gasteiger partial charge >= 0.3 is 0 Å². The van der Waals surface area contributed by atoms with Crippen LogP contribution in [0.25, 0.3) is 10.6 Å². The summed E-state index contributed by atoms with van der Waals surface area (Å²) in [4.78, 5) is 13.0. The van der Waals surface area contributed by atoms with Crippen molar-refractivity contribution in [3.63, 3.8) is 0 Å². The first-order valence-corrected chi connectivity index (χ1v) is 4.92. The Kier molecular flexibility index (Phi) is 7.59. The van der Waals surface area contributed by atoms with Crippen LogP contribution in [-0.4, -0.2) is 20.4 Å².